The van der Waals surface area contributed by atoms with Crippen LogP contribution in [0.3, 0.4) is 0 Å². The normalized spacial score (nSPS) is 26.1. The Morgan fingerprint density at radius 3 is 2.40 bits per heavy atom. The highest BCUT2D eigenvalue weighted by atomic mass is 79.9. The number of ether oxygens (including phenoxy) is 3. The highest BCUT2D eigenvalue weighted by Gasteiger charge is 2.46. The van der Waals surface area contributed by atoms with Gasteiger partial charge < -0.3 is 18.6 Å². The first-order chi connectivity index (χ1) is 19.5. The molecule has 12 nitrogen and oxygen atoms in total. The minimum absolute atomic E-state index is 0.0765. The van der Waals surface area contributed by atoms with Crippen molar-refractivity contribution in [2.24, 2.45) is 0 Å². The van der Waals surface area contributed by atoms with E-state index in [-0.39, 0.29) is 24.4 Å². The third-order valence-corrected chi connectivity index (χ3v) is 15.1. The Morgan fingerprint density at radius 1 is 1.19 bits per heavy atom. The molecule has 0 aliphatic carbocycles. The lowest BCUT2D eigenvalue weighted by Gasteiger charge is -2.39. The van der Waals surface area contributed by atoms with E-state index in [2.05, 4.69) is 70.7 Å². The van der Waals surface area contributed by atoms with Gasteiger partial charge in [-0.3, -0.25) is 23.4 Å². The second-order valence-corrected chi connectivity index (χ2v) is 20.8. The third kappa shape index (κ3) is 9.65. The summed E-state index contributed by atoms with van der Waals surface area (Å²) in [6.45, 7) is 15.8. The summed E-state index contributed by atoms with van der Waals surface area (Å²) in [6, 6.07) is 1.28. The topological polar surface area (TPSA) is 131 Å². The zero-order valence-corrected chi connectivity index (χ0v) is 30.7. The predicted molar refractivity (Wildman–Crippen MR) is 170 cm³/mol. The van der Waals surface area contributed by atoms with Gasteiger partial charge in [-0.2, -0.15) is 0 Å². The maximum atomic E-state index is 14.3. The Kier molecular flexibility index (Phi) is 12.9. The number of halogens is 2. The fourth-order valence-corrected chi connectivity index (χ4v) is 9.00. The summed E-state index contributed by atoms with van der Waals surface area (Å²) in [5.41, 5.74) is -1.06. The van der Waals surface area contributed by atoms with Crippen molar-refractivity contribution in [1.29, 1.82) is 0 Å². The van der Waals surface area contributed by atoms with Crippen LogP contribution in [0, 0.1) is 0 Å². The Bertz CT molecular complexity index is 1190. The molecule has 16 heteroatoms. The van der Waals surface area contributed by atoms with E-state index in [0.717, 1.165) is 0 Å². The summed E-state index contributed by atoms with van der Waals surface area (Å²) in [5, 5.41) is 1.06. The molecule has 0 amide bonds. The summed E-state index contributed by atoms with van der Waals surface area (Å²) in [5.74, 6) is -0.661. The van der Waals surface area contributed by atoms with Crippen LogP contribution in [-0.2, 0) is 32.2 Å². The molecule has 242 valence electrons. The van der Waals surface area contributed by atoms with Crippen LogP contribution in [-0.4, -0.2) is 90.2 Å². The van der Waals surface area contributed by atoms with Crippen molar-refractivity contribution in [2.45, 2.75) is 95.9 Å². The van der Waals surface area contributed by atoms with Gasteiger partial charge in [0, 0.05) is 42.4 Å². The zero-order valence-electron chi connectivity index (χ0n) is 25.6. The molecule has 2 unspecified atom stereocenters. The molecule has 42 heavy (non-hydrogen) atoms. The van der Waals surface area contributed by atoms with Gasteiger partial charge in [0.1, 0.15) is 12.3 Å². The van der Waals surface area contributed by atoms with Gasteiger partial charge in [0.25, 0.3) is 5.56 Å². The number of alkyl halides is 2. The second kappa shape index (κ2) is 14.9. The van der Waals surface area contributed by atoms with Crippen LogP contribution in [0.4, 0.5) is 0 Å². The van der Waals surface area contributed by atoms with Gasteiger partial charge in [-0.15, -0.1) is 0 Å². The lowest BCUT2D eigenvalue weighted by molar-refractivity contribution is -0.139. The average Bonchev–Trinajstić information content (AvgIpc) is 3.43. The monoisotopic (exact) mass is 761 g/mol. The molecule has 0 radical (unpaired) electrons. The number of hydrogen-bond acceptors (Lipinski definition) is 9. The summed E-state index contributed by atoms with van der Waals surface area (Å²) in [7, 11) is -6.05. The van der Waals surface area contributed by atoms with Crippen molar-refractivity contribution in [2.75, 3.05) is 43.6 Å². The SMILES string of the molecule is CC1(C)OCC(CCOP(=O)(OC[C@H]2O[C@@H](n3ccc(=O)[nH]c3=O)C[C@@H]2O[Si](C)(C)C(C)(C)C)N(CCBr)CCBr)O1. The Balaban J connectivity index is 1.81. The molecule has 1 aromatic heterocycles. The standard InChI is InChI=1S/C26H46Br2N3O9PSi/c1-25(2,3)42(6,7)40-20-16-23(31-12-8-22(32)29-24(31)33)38-21(20)18-37-41(34,30(13-10-27)14-11-28)36-15-9-19-17-35-26(4,5)39-19/h8,12,19-21,23H,9-11,13-18H2,1-7H3,(H,29,32,33)/t19?,20-,21+,23+,41?/m0/s1. The number of hydrogen-bond donors (Lipinski definition) is 1. The molecule has 3 heterocycles. The molecule has 2 saturated heterocycles. The number of rotatable bonds is 15. The minimum Gasteiger partial charge on any atom is -0.411 e. The first kappa shape index (κ1) is 36.3. The Morgan fingerprint density at radius 2 is 1.86 bits per heavy atom. The van der Waals surface area contributed by atoms with Crippen LogP contribution in [0.5, 0.6) is 0 Å². The summed E-state index contributed by atoms with van der Waals surface area (Å²) >= 11 is 6.90. The van der Waals surface area contributed by atoms with Crippen LogP contribution >= 0.6 is 39.6 Å². The second-order valence-electron chi connectivity index (χ2n) is 12.5. The van der Waals surface area contributed by atoms with Crippen LogP contribution in [0.1, 0.15) is 53.7 Å². The highest BCUT2D eigenvalue weighted by Crippen LogP contribution is 2.53. The molecule has 0 saturated carbocycles. The molecule has 5 atom stereocenters. The van der Waals surface area contributed by atoms with Gasteiger partial charge in [-0.25, -0.2) is 14.0 Å². The van der Waals surface area contributed by atoms with E-state index in [1.165, 1.54) is 16.8 Å². The molecule has 1 N–H and O–H groups in total. The van der Waals surface area contributed by atoms with E-state index < -0.39 is 51.5 Å². The molecule has 2 fully saturated rings. The predicted octanol–water partition coefficient (Wildman–Crippen LogP) is 4.99. The van der Waals surface area contributed by atoms with Crippen LogP contribution in [0.2, 0.25) is 18.1 Å². The lowest BCUT2D eigenvalue weighted by Crippen LogP contribution is -2.46. The molecule has 0 aromatic carbocycles. The van der Waals surface area contributed by atoms with Crippen molar-refractivity contribution in [3.63, 3.8) is 0 Å². The van der Waals surface area contributed by atoms with E-state index in [0.29, 0.717) is 43.2 Å². The van der Waals surface area contributed by atoms with E-state index >= 15 is 0 Å². The van der Waals surface area contributed by atoms with Crippen LogP contribution in [0.25, 0.3) is 0 Å². The largest absolute Gasteiger partial charge is 0.411 e. The lowest BCUT2D eigenvalue weighted by atomic mass is 10.2. The maximum Gasteiger partial charge on any atom is 0.408 e. The fourth-order valence-electron chi connectivity index (χ4n) is 4.48. The van der Waals surface area contributed by atoms with Gasteiger partial charge in [0.2, 0.25) is 0 Å². The van der Waals surface area contributed by atoms with E-state index in [1.54, 1.807) is 4.67 Å². The summed E-state index contributed by atoms with van der Waals surface area (Å²) in [6.07, 6.45) is 0.321. The molecular weight excluding hydrogens is 717 g/mol. The molecule has 1 aromatic rings. The van der Waals surface area contributed by atoms with Gasteiger partial charge in [0.15, 0.2) is 14.1 Å². The number of nitrogens with zero attached hydrogens (tertiary/aromatic N) is 2. The van der Waals surface area contributed by atoms with Gasteiger partial charge in [-0.1, -0.05) is 52.6 Å². The number of nitrogens with one attached hydrogen (secondary N) is 1. The molecule has 0 spiro atoms. The minimum atomic E-state index is -3.79. The average molecular weight is 764 g/mol. The van der Waals surface area contributed by atoms with E-state index in [1.807, 2.05) is 13.8 Å². The van der Waals surface area contributed by atoms with Crippen molar-refractivity contribution >= 4 is 47.9 Å². The first-order valence-corrected chi connectivity index (χ1v) is 20.9. The molecule has 3 rings (SSSR count). The summed E-state index contributed by atoms with van der Waals surface area (Å²) < 4.78 is 54.1. The van der Waals surface area contributed by atoms with Crippen molar-refractivity contribution < 1.29 is 32.2 Å². The number of aromatic amines is 1. The van der Waals surface area contributed by atoms with Crippen LogP contribution < -0.4 is 11.2 Å². The van der Waals surface area contributed by atoms with Gasteiger partial charge in [-0.05, 0) is 38.4 Å². The van der Waals surface area contributed by atoms with Gasteiger partial charge >= 0.3 is 13.4 Å². The van der Waals surface area contributed by atoms with Crippen LogP contribution in [0.15, 0.2) is 21.9 Å². The maximum absolute atomic E-state index is 14.3. The Hall–Kier alpha value is -0.193. The van der Waals surface area contributed by atoms with E-state index in [9.17, 15) is 14.2 Å². The zero-order chi connectivity index (χ0) is 31.3. The first-order valence-electron chi connectivity index (χ1n) is 14.2. The fraction of sp³-hybridized carbons (Fsp3) is 0.846. The van der Waals surface area contributed by atoms with Crippen molar-refractivity contribution in [3.05, 3.63) is 33.1 Å². The third-order valence-electron chi connectivity index (χ3n) is 7.79. The quantitative estimate of drug-likeness (QED) is 0.148. The summed E-state index contributed by atoms with van der Waals surface area (Å²) in [4.78, 5) is 26.5. The molecule has 0 bridgehead atoms. The molecular formula is C26H46Br2N3O9PSi. The number of H-pyrrole nitrogens is 1. The molecule has 2 aliphatic rings. The smallest absolute Gasteiger partial charge is 0.408 e. The van der Waals surface area contributed by atoms with E-state index in [4.69, 9.17) is 27.7 Å². The van der Waals surface area contributed by atoms with Gasteiger partial charge in [0.05, 0.1) is 32.0 Å². The Labute approximate surface area is 266 Å². The van der Waals surface area contributed by atoms with Crippen molar-refractivity contribution in [3.8, 4) is 0 Å². The van der Waals surface area contributed by atoms with Crippen molar-refractivity contribution in [1.82, 2.24) is 14.2 Å². The number of aromatic nitrogens is 2. The highest BCUT2D eigenvalue weighted by molar-refractivity contribution is 9.09. The molecule has 2 aliphatic heterocycles.